The molecule has 48 heavy (non-hydrogen) atoms. The van der Waals surface area contributed by atoms with E-state index in [1.165, 1.54) is 0 Å². The molecule has 13 heteroatoms. The van der Waals surface area contributed by atoms with E-state index in [1.807, 2.05) is 35.2 Å². The summed E-state index contributed by atoms with van der Waals surface area (Å²) in [5.74, 6) is -0.988. The molecular formula is C35H37Br2N5O6. The predicted octanol–water partition coefficient (Wildman–Crippen LogP) is 6.15. The second kappa shape index (κ2) is 14.6. The summed E-state index contributed by atoms with van der Waals surface area (Å²) in [6, 6.07) is 16.9. The number of aromatic carboxylic acids is 1. The Balaban J connectivity index is 1.11. The third-order valence-electron chi connectivity index (χ3n) is 9.58. The number of rotatable bonds is 7. The molecule has 0 bridgehead atoms. The van der Waals surface area contributed by atoms with Gasteiger partial charge in [0.15, 0.2) is 0 Å². The maximum Gasteiger partial charge on any atom is 0.335 e. The van der Waals surface area contributed by atoms with Gasteiger partial charge in [-0.05, 0) is 110 Å². The highest BCUT2D eigenvalue weighted by Gasteiger charge is 2.35. The summed E-state index contributed by atoms with van der Waals surface area (Å²) < 4.78 is 0.945. The number of halogens is 2. The molecule has 3 heterocycles. The number of carboxylic acid groups (broad SMARTS) is 1. The summed E-state index contributed by atoms with van der Waals surface area (Å²) in [5.41, 5.74) is 3.83. The zero-order chi connectivity index (χ0) is 33.9. The lowest BCUT2D eigenvalue weighted by Crippen LogP contribution is -2.57. The molecule has 3 aromatic carbocycles. The normalized spacial score (nSPS) is 17.8. The van der Waals surface area contributed by atoms with Gasteiger partial charge in [-0.25, -0.2) is 14.4 Å². The van der Waals surface area contributed by atoms with Gasteiger partial charge in [0.25, 0.3) is 0 Å². The van der Waals surface area contributed by atoms with E-state index in [0.717, 1.165) is 22.4 Å². The molecule has 0 saturated carbocycles. The van der Waals surface area contributed by atoms with Crippen molar-refractivity contribution in [3.8, 4) is 5.75 Å². The quantitative estimate of drug-likeness (QED) is 0.227. The Labute approximate surface area is 295 Å². The fraction of sp³-hybridized carbons (Fsp3) is 0.371. The fourth-order valence-corrected chi connectivity index (χ4v) is 8.17. The average Bonchev–Trinajstić information content (AvgIpc) is 3.09. The second-order valence-electron chi connectivity index (χ2n) is 12.6. The Kier molecular flexibility index (Phi) is 10.3. The van der Waals surface area contributed by atoms with Crippen LogP contribution in [0.4, 0.5) is 15.3 Å². The van der Waals surface area contributed by atoms with Crippen LogP contribution in [0.1, 0.15) is 58.6 Å². The minimum absolute atomic E-state index is 0.0102. The SMILES string of the molecule is O=C(O)c1cccc(C2CCN(C(=O)[C@@H](Cc3cc(Br)c(O)c(Br)c3)NC(=O)N3CCC(N4Cc5ccccc5NC4=O)CC3)CC2)c1. The van der Waals surface area contributed by atoms with E-state index in [4.69, 9.17) is 0 Å². The second-order valence-corrected chi connectivity index (χ2v) is 14.3. The lowest BCUT2D eigenvalue weighted by Gasteiger charge is -2.41. The molecule has 0 aromatic heterocycles. The largest absolute Gasteiger partial charge is 0.506 e. The van der Waals surface area contributed by atoms with Gasteiger partial charge in [0, 0.05) is 50.9 Å². The minimum Gasteiger partial charge on any atom is -0.506 e. The molecule has 1 atom stereocenters. The molecule has 6 rings (SSSR count). The topological polar surface area (TPSA) is 143 Å². The van der Waals surface area contributed by atoms with Crippen LogP contribution >= 0.6 is 31.9 Å². The van der Waals surface area contributed by atoms with Gasteiger partial charge in [-0.15, -0.1) is 0 Å². The van der Waals surface area contributed by atoms with Crippen LogP contribution in [0.3, 0.4) is 0 Å². The van der Waals surface area contributed by atoms with Crippen LogP contribution in [0.5, 0.6) is 5.75 Å². The molecule has 2 saturated heterocycles. The van der Waals surface area contributed by atoms with Crippen LogP contribution in [0.15, 0.2) is 69.6 Å². The van der Waals surface area contributed by atoms with Gasteiger partial charge in [-0.3, -0.25) is 4.79 Å². The summed E-state index contributed by atoms with van der Waals surface area (Å²) in [5, 5.41) is 25.6. The fourth-order valence-electron chi connectivity index (χ4n) is 6.89. The minimum atomic E-state index is -0.970. The van der Waals surface area contributed by atoms with Gasteiger partial charge in [-0.2, -0.15) is 0 Å². The molecule has 0 aliphatic carbocycles. The summed E-state index contributed by atoms with van der Waals surface area (Å²) >= 11 is 6.74. The number of amides is 5. The lowest BCUT2D eigenvalue weighted by molar-refractivity contribution is -0.134. The molecule has 0 spiro atoms. The van der Waals surface area contributed by atoms with E-state index < -0.39 is 12.0 Å². The van der Waals surface area contributed by atoms with Crippen LogP contribution < -0.4 is 10.6 Å². The van der Waals surface area contributed by atoms with E-state index in [0.29, 0.717) is 67.4 Å². The number of carboxylic acids is 1. The standard InChI is InChI=1S/C35H37Br2N5O6/c36-27-16-21(17-28(37)31(27)43)18-30(32(44)40-12-8-22(9-13-40)23-5-3-6-24(19-23)33(45)46)39-34(47)41-14-10-26(11-15-41)42-20-25-4-1-2-7-29(25)38-35(42)48/h1-7,16-17,19,22,26,30,43H,8-15,18,20H2,(H,38,48)(H,39,47)(H,45,46)/t30-/m1/s1. The number of nitrogens with one attached hydrogen (secondary N) is 2. The number of fused-ring (bicyclic) bond motifs is 1. The number of hydrogen-bond acceptors (Lipinski definition) is 5. The van der Waals surface area contributed by atoms with Crippen molar-refractivity contribution in [3.05, 3.63) is 91.9 Å². The summed E-state index contributed by atoms with van der Waals surface area (Å²) in [7, 11) is 0. The van der Waals surface area contributed by atoms with Crippen molar-refractivity contribution in [3.63, 3.8) is 0 Å². The van der Waals surface area contributed by atoms with Crippen LogP contribution in [0, 0.1) is 0 Å². The van der Waals surface area contributed by atoms with Crippen molar-refractivity contribution in [2.45, 2.75) is 56.7 Å². The Hall–Kier alpha value is -4.10. The molecule has 4 N–H and O–H groups in total. The number of anilines is 1. The lowest BCUT2D eigenvalue weighted by atomic mass is 9.88. The predicted molar refractivity (Wildman–Crippen MR) is 187 cm³/mol. The highest BCUT2D eigenvalue weighted by molar-refractivity contribution is 9.11. The number of urea groups is 2. The van der Waals surface area contributed by atoms with Gasteiger partial charge >= 0.3 is 18.0 Å². The third kappa shape index (κ3) is 7.46. The first kappa shape index (κ1) is 33.8. The molecule has 0 unspecified atom stereocenters. The Bertz CT molecular complexity index is 1700. The number of benzene rings is 3. The van der Waals surface area contributed by atoms with Gasteiger partial charge < -0.3 is 35.5 Å². The van der Waals surface area contributed by atoms with E-state index in [1.54, 1.807) is 40.1 Å². The van der Waals surface area contributed by atoms with Crippen LogP contribution in [0.2, 0.25) is 0 Å². The number of para-hydroxylation sites is 1. The number of phenols is 1. The maximum atomic E-state index is 14.0. The summed E-state index contributed by atoms with van der Waals surface area (Å²) in [4.78, 5) is 57.3. The van der Waals surface area contributed by atoms with Crippen molar-refractivity contribution in [2.75, 3.05) is 31.5 Å². The van der Waals surface area contributed by atoms with Gasteiger partial charge in [0.2, 0.25) is 5.91 Å². The first-order chi connectivity index (χ1) is 23.1. The molecule has 2 fully saturated rings. The summed E-state index contributed by atoms with van der Waals surface area (Å²) in [6.07, 6.45) is 2.81. The Morgan fingerprint density at radius 3 is 2.25 bits per heavy atom. The number of carbonyl (C=O) groups is 4. The molecule has 11 nitrogen and oxygen atoms in total. The van der Waals surface area contributed by atoms with Crippen LogP contribution in [0.25, 0.3) is 0 Å². The Morgan fingerprint density at radius 1 is 0.896 bits per heavy atom. The maximum absolute atomic E-state index is 14.0. The highest BCUT2D eigenvalue weighted by Crippen LogP contribution is 2.34. The summed E-state index contributed by atoms with van der Waals surface area (Å²) in [6.45, 7) is 2.36. The number of aromatic hydroxyl groups is 1. The molecule has 3 aromatic rings. The van der Waals surface area contributed by atoms with Gasteiger partial charge in [-0.1, -0.05) is 30.3 Å². The highest BCUT2D eigenvalue weighted by atomic mass is 79.9. The van der Waals surface area contributed by atoms with E-state index in [-0.39, 0.29) is 47.7 Å². The molecule has 3 aliphatic heterocycles. The van der Waals surface area contributed by atoms with E-state index in [9.17, 15) is 29.4 Å². The van der Waals surface area contributed by atoms with Crippen LogP contribution in [-0.2, 0) is 17.8 Å². The van der Waals surface area contributed by atoms with Crippen LogP contribution in [-0.4, -0.2) is 87.1 Å². The first-order valence-corrected chi connectivity index (χ1v) is 17.7. The zero-order valence-electron chi connectivity index (χ0n) is 26.2. The smallest absolute Gasteiger partial charge is 0.335 e. The number of hydrogen-bond donors (Lipinski definition) is 4. The molecule has 252 valence electrons. The van der Waals surface area contributed by atoms with E-state index >= 15 is 0 Å². The number of piperidine rings is 2. The molecule has 5 amide bonds. The van der Waals surface area contributed by atoms with Crippen molar-refractivity contribution < 1.29 is 29.4 Å². The monoisotopic (exact) mass is 781 g/mol. The molecular weight excluding hydrogens is 746 g/mol. The third-order valence-corrected chi connectivity index (χ3v) is 10.8. The van der Waals surface area contributed by atoms with Gasteiger partial charge in [0.1, 0.15) is 11.8 Å². The van der Waals surface area contributed by atoms with E-state index in [2.05, 4.69) is 42.5 Å². The van der Waals surface area contributed by atoms with Crippen molar-refractivity contribution in [1.82, 2.24) is 20.0 Å². The first-order valence-electron chi connectivity index (χ1n) is 16.1. The molecule has 3 aliphatic rings. The van der Waals surface area contributed by atoms with Crippen molar-refractivity contribution in [1.29, 1.82) is 0 Å². The van der Waals surface area contributed by atoms with Crippen molar-refractivity contribution >= 4 is 61.5 Å². The molecule has 0 radical (unpaired) electrons. The number of nitrogens with zero attached hydrogens (tertiary/aromatic N) is 3. The van der Waals surface area contributed by atoms with Crippen molar-refractivity contribution in [2.24, 2.45) is 0 Å². The zero-order valence-corrected chi connectivity index (χ0v) is 29.4. The average molecular weight is 784 g/mol. The Morgan fingerprint density at radius 2 is 1.56 bits per heavy atom. The van der Waals surface area contributed by atoms with Gasteiger partial charge in [0.05, 0.1) is 14.5 Å². The number of likely N-dealkylation sites (tertiary alicyclic amines) is 2. The number of phenolic OH excluding ortho intramolecular Hbond substituents is 1. The number of carbonyl (C=O) groups excluding carboxylic acids is 3.